The van der Waals surface area contributed by atoms with Crippen LogP contribution in [0.1, 0.15) is 29.3 Å². The van der Waals surface area contributed by atoms with Crippen molar-refractivity contribution in [1.82, 2.24) is 4.98 Å². The van der Waals surface area contributed by atoms with Gasteiger partial charge in [0.2, 0.25) is 0 Å². The van der Waals surface area contributed by atoms with Gasteiger partial charge in [-0.15, -0.1) is 11.3 Å². The molecule has 0 atom stereocenters. The summed E-state index contributed by atoms with van der Waals surface area (Å²) in [7, 11) is 0. The molecule has 68 valence electrons. The van der Waals surface area contributed by atoms with E-state index in [0.717, 1.165) is 23.4 Å². The molecule has 1 aromatic rings. The lowest BCUT2D eigenvalue weighted by atomic mass is 10.1. The van der Waals surface area contributed by atoms with Gasteiger partial charge < -0.3 is 5.11 Å². The van der Waals surface area contributed by atoms with Gasteiger partial charge in [0.25, 0.3) is 0 Å². The maximum Gasteiger partial charge on any atom is 0.336 e. The molecule has 1 aromatic heterocycles. The first-order valence-corrected chi connectivity index (χ1v) is 4.94. The number of hydrogen-bond donors (Lipinski definition) is 1. The molecular weight excluding hydrogens is 186 g/mol. The lowest BCUT2D eigenvalue weighted by Gasteiger charge is -1.98. The summed E-state index contributed by atoms with van der Waals surface area (Å²) in [5.41, 5.74) is 2.79. The molecule has 1 fully saturated rings. The van der Waals surface area contributed by atoms with E-state index in [2.05, 4.69) is 11.6 Å². The molecule has 13 heavy (non-hydrogen) atoms. The third-order valence-electron chi connectivity index (χ3n) is 2.09. The highest BCUT2D eigenvalue weighted by Gasteiger charge is 2.30. The van der Waals surface area contributed by atoms with Crippen molar-refractivity contribution in [3.8, 4) is 0 Å². The van der Waals surface area contributed by atoms with E-state index in [1.165, 1.54) is 11.3 Å². The minimum absolute atomic E-state index is 0.171. The first-order chi connectivity index (χ1) is 6.20. The largest absolute Gasteiger partial charge is 0.478 e. The lowest BCUT2D eigenvalue weighted by Crippen LogP contribution is -1.98. The van der Waals surface area contributed by atoms with Crippen LogP contribution in [0.2, 0.25) is 0 Å². The second-order valence-corrected chi connectivity index (χ2v) is 3.98. The monoisotopic (exact) mass is 195 g/mol. The smallest absolute Gasteiger partial charge is 0.336 e. The molecule has 2 rings (SSSR count). The Hall–Kier alpha value is -1.16. The molecule has 0 aromatic carbocycles. The summed E-state index contributed by atoms with van der Waals surface area (Å²) in [5.74, 6) is -0.469. The van der Waals surface area contributed by atoms with Crippen molar-refractivity contribution in [3.63, 3.8) is 0 Å². The van der Waals surface area contributed by atoms with Crippen molar-refractivity contribution in [1.29, 1.82) is 0 Å². The van der Waals surface area contributed by atoms with Crippen molar-refractivity contribution in [2.45, 2.75) is 18.8 Å². The molecule has 1 aliphatic rings. The van der Waals surface area contributed by atoms with Gasteiger partial charge in [0.05, 0.1) is 21.7 Å². The fraction of sp³-hybridized carbons (Fsp3) is 0.333. The molecule has 0 aliphatic heterocycles. The standard InChI is InChI=1S/C9H9NO2S/c1-5(9(11)12)8-7(6-2-3-6)10-4-13-8/h4,6H,1-3H2,(H,11,12). The van der Waals surface area contributed by atoms with Gasteiger partial charge in [0, 0.05) is 5.92 Å². The molecule has 0 radical (unpaired) electrons. The number of hydrogen-bond acceptors (Lipinski definition) is 3. The van der Waals surface area contributed by atoms with Crippen LogP contribution in [0.3, 0.4) is 0 Å². The summed E-state index contributed by atoms with van der Waals surface area (Å²) < 4.78 is 0. The van der Waals surface area contributed by atoms with Gasteiger partial charge in [-0.05, 0) is 12.8 Å². The van der Waals surface area contributed by atoms with E-state index in [0.29, 0.717) is 5.92 Å². The van der Waals surface area contributed by atoms with E-state index in [1.807, 2.05) is 0 Å². The van der Waals surface area contributed by atoms with E-state index in [1.54, 1.807) is 5.51 Å². The fourth-order valence-electron chi connectivity index (χ4n) is 1.23. The Morgan fingerprint density at radius 2 is 2.38 bits per heavy atom. The van der Waals surface area contributed by atoms with Crippen LogP contribution in [0, 0.1) is 0 Å². The molecule has 1 saturated carbocycles. The number of carboxylic acid groups (broad SMARTS) is 1. The number of rotatable bonds is 3. The highest BCUT2D eigenvalue weighted by Crippen LogP contribution is 2.43. The molecule has 0 saturated heterocycles. The van der Waals surface area contributed by atoms with Crippen LogP contribution in [-0.4, -0.2) is 16.1 Å². The minimum Gasteiger partial charge on any atom is -0.478 e. The third kappa shape index (κ3) is 1.49. The van der Waals surface area contributed by atoms with Crippen molar-refractivity contribution < 1.29 is 9.90 Å². The second-order valence-electron chi connectivity index (χ2n) is 3.12. The molecule has 0 amide bonds. The summed E-state index contributed by atoms with van der Waals surface area (Å²) in [6.07, 6.45) is 2.26. The zero-order valence-electron chi connectivity index (χ0n) is 6.99. The maximum atomic E-state index is 10.7. The third-order valence-corrected chi connectivity index (χ3v) is 2.99. The van der Waals surface area contributed by atoms with Crippen molar-refractivity contribution in [2.24, 2.45) is 0 Å². The van der Waals surface area contributed by atoms with Gasteiger partial charge in [-0.25, -0.2) is 9.78 Å². The van der Waals surface area contributed by atoms with Crippen LogP contribution in [-0.2, 0) is 4.79 Å². The van der Waals surface area contributed by atoms with E-state index in [-0.39, 0.29) is 5.57 Å². The second kappa shape index (κ2) is 2.96. The first-order valence-electron chi connectivity index (χ1n) is 4.06. The minimum atomic E-state index is -0.953. The summed E-state index contributed by atoms with van der Waals surface area (Å²) in [4.78, 5) is 15.6. The molecular formula is C9H9NO2S. The van der Waals surface area contributed by atoms with Crippen LogP contribution in [0.4, 0.5) is 0 Å². The van der Waals surface area contributed by atoms with Crippen molar-refractivity contribution >= 4 is 22.9 Å². The van der Waals surface area contributed by atoms with Gasteiger partial charge in [-0.3, -0.25) is 0 Å². The van der Waals surface area contributed by atoms with Gasteiger partial charge in [0.15, 0.2) is 0 Å². The number of aromatic nitrogens is 1. The average Bonchev–Trinajstić information content (AvgIpc) is 2.83. The van der Waals surface area contributed by atoms with Gasteiger partial charge in [-0.1, -0.05) is 6.58 Å². The average molecular weight is 195 g/mol. The number of carboxylic acids is 1. The maximum absolute atomic E-state index is 10.7. The summed E-state index contributed by atoms with van der Waals surface area (Å²) in [5, 5.41) is 8.76. The number of nitrogens with zero attached hydrogens (tertiary/aromatic N) is 1. The highest BCUT2D eigenvalue weighted by molar-refractivity contribution is 7.11. The molecule has 1 N–H and O–H groups in total. The topological polar surface area (TPSA) is 50.2 Å². The highest BCUT2D eigenvalue weighted by atomic mass is 32.1. The Bertz CT molecular complexity index is 365. The van der Waals surface area contributed by atoms with Crippen molar-refractivity contribution in [2.75, 3.05) is 0 Å². The van der Waals surface area contributed by atoms with Crippen LogP contribution in [0.5, 0.6) is 0 Å². The zero-order valence-corrected chi connectivity index (χ0v) is 7.80. The van der Waals surface area contributed by atoms with Gasteiger partial charge in [-0.2, -0.15) is 0 Å². The quantitative estimate of drug-likeness (QED) is 0.751. The Kier molecular flexibility index (Phi) is 1.92. The number of aliphatic carboxylic acids is 1. The molecule has 1 heterocycles. The molecule has 1 aliphatic carbocycles. The number of thiazole rings is 1. The summed E-state index contributed by atoms with van der Waals surface area (Å²) >= 11 is 1.36. The van der Waals surface area contributed by atoms with E-state index >= 15 is 0 Å². The van der Waals surface area contributed by atoms with E-state index in [9.17, 15) is 4.79 Å². The Labute approximate surface area is 79.7 Å². The van der Waals surface area contributed by atoms with Crippen LogP contribution < -0.4 is 0 Å². The zero-order chi connectivity index (χ0) is 9.42. The SMILES string of the molecule is C=C(C(=O)O)c1scnc1C1CC1. The van der Waals surface area contributed by atoms with Gasteiger partial charge in [0.1, 0.15) is 0 Å². The Morgan fingerprint density at radius 3 is 2.92 bits per heavy atom. The fourth-order valence-corrected chi connectivity index (χ4v) is 2.07. The molecule has 4 heteroatoms. The van der Waals surface area contributed by atoms with Crippen molar-refractivity contribution in [3.05, 3.63) is 22.7 Å². The Balaban J connectivity index is 2.33. The molecule has 3 nitrogen and oxygen atoms in total. The van der Waals surface area contributed by atoms with Crippen LogP contribution in [0.15, 0.2) is 12.1 Å². The Morgan fingerprint density at radius 1 is 1.69 bits per heavy atom. The lowest BCUT2D eigenvalue weighted by molar-refractivity contribution is -0.130. The van der Waals surface area contributed by atoms with E-state index < -0.39 is 5.97 Å². The predicted octanol–water partition coefficient (Wildman–Crippen LogP) is 2.12. The molecule has 0 unspecified atom stereocenters. The van der Waals surface area contributed by atoms with Gasteiger partial charge >= 0.3 is 5.97 Å². The summed E-state index contributed by atoms with van der Waals surface area (Å²) in [6, 6.07) is 0. The number of carbonyl (C=O) groups is 1. The molecule has 0 bridgehead atoms. The normalized spacial score (nSPS) is 15.7. The molecule has 0 spiro atoms. The van der Waals surface area contributed by atoms with Crippen LogP contribution >= 0.6 is 11.3 Å². The predicted molar refractivity (Wildman–Crippen MR) is 50.8 cm³/mol. The van der Waals surface area contributed by atoms with E-state index in [4.69, 9.17) is 5.11 Å². The first kappa shape index (κ1) is 8.44. The summed E-state index contributed by atoms with van der Waals surface area (Å²) in [6.45, 7) is 3.54. The van der Waals surface area contributed by atoms with Crippen LogP contribution in [0.25, 0.3) is 5.57 Å².